The average molecular weight is 272 g/mol. The number of hydrogen-bond acceptors (Lipinski definition) is 5. The van der Waals surface area contributed by atoms with E-state index in [9.17, 15) is 0 Å². The summed E-state index contributed by atoms with van der Waals surface area (Å²) >= 11 is 1.38. The van der Waals surface area contributed by atoms with E-state index in [1.165, 1.54) is 11.8 Å². The number of nitrogens with zero attached hydrogens (tertiary/aromatic N) is 3. The topological polar surface area (TPSA) is 70.3 Å². The maximum atomic E-state index is 8.60. The zero-order valence-electron chi connectivity index (χ0n) is 10.5. The van der Waals surface area contributed by atoms with Gasteiger partial charge in [-0.25, -0.2) is 9.98 Å². The monoisotopic (exact) mass is 272 g/mol. The van der Waals surface area contributed by atoms with Gasteiger partial charge in [0.2, 0.25) is 5.88 Å². The van der Waals surface area contributed by atoms with E-state index in [2.05, 4.69) is 15.3 Å². The summed E-state index contributed by atoms with van der Waals surface area (Å²) < 4.78 is 5.08. The molecule has 0 aliphatic carbocycles. The van der Waals surface area contributed by atoms with Gasteiger partial charge in [-0.15, -0.1) is 0 Å². The molecule has 0 amide bonds. The Morgan fingerprint density at radius 3 is 2.95 bits per heavy atom. The van der Waals surface area contributed by atoms with Crippen LogP contribution in [-0.2, 0) is 0 Å². The van der Waals surface area contributed by atoms with E-state index >= 15 is 0 Å². The second-order valence-corrected chi connectivity index (χ2v) is 4.38. The first kappa shape index (κ1) is 13.2. The summed E-state index contributed by atoms with van der Waals surface area (Å²) in [5, 5.41) is 12.7. The molecular weight excluding hydrogens is 260 g/mol. The van der Waals surface area contributed by atoms with E-state index < -0.39 is 0 Å². The minimum absolute atomic E-state index is 0.559. The molecule has 0 atom stereocenters. The number of benzene rings is 1. The Morgan fingerprint density at radius 2 is 2.26 bits per heavy atom. The predicted molar refractivity (Wildman–Crippen MR) is 77.7 cm³/mol. The van der Waals surface area contributed by atoms with Crippen molar-refractivity contribution >= 4 is 33.5 Å². The van der Waals surface area contributed by atoms with Crippen LogP contribution in [0.25, 0.3) is 10.9 Å². The summed E-state index contributed by atoms with van der Waals surface area (Å²) in [4.78, 5) is 8.67. The van der Waals surface area contributed by atoms with E-state index in [0.717, 1.165) is 16.6 Å². The van der Waals surface area contributed by atoms with Crippen LogP contribution in [0.4, 0.5) is 5.69 Å². The van der Waals surface area contributed by atoms with Crippen LogP contribution < -0.4 is 10.1 Å². The number of methoxy groups -OCH3 is 1. The van der Waals surface area contributed by atoms with Crippen molar-refractivity contribution in [3.05, 3.63) is 30.3 Å². The molecule has 1 N–H and O–H groups in total. The summed E-state index contributed by atoms with van der Waals surface area (Å²) in [6.07, 6.45) is 3.72. The van der Waals surface area contributed by atoms with Crippen LogP contribution in [0.1, 0.15) is 0 Å². The highest BCUT2D eigenvalue weighted by molar-refractivity contribution is 8.13. The largest absolute Gasteiger partial charge is 0.481 e. The van der Waals surface area contributed by atoms with Gasteiger partial charge in [0.1, 0.15) is 0 Å². The molecule has 0 aliphatic rings. The van der Waals surface area contributed by atoms with Gasteiger partial charge >= 0.3 is 0 Å². The molecule has 0 radical (unpaired) electrons. The number of rotatable bonds is 2. The van der Waals surface area contributed by atoms with Crippen molar-refractivity contribution < 1.29 is 4.74 Å². The highest BCUT2D eigenvalue weighted by Gasteiger charge is 2.01. The van der Waals surface area contributed by atoms with Crippen molar-refractivity contribution in [1.82, 2.24) is 10.3 Å². The molecule has 19 heavy (non-hydrogen) atoms. The Kier molecular flexibility index (Phi) is 4.21. The number of hydrogen-bond donors (Lipinski definition) is 1. The number of thioether (sulfide) groups is 1. The molecule has 96 valence electrons. The second-order valence-electron chi connectivity index (χ2n) is 3.59. The summed E-state index contributed by atoms with van der Waals surface area (Å²) in [5.41, 5.74) is 1.61. The van der Waals surface area contributed by atoms with Crippen molar-refractivity contribution in [1.29, 1.82) is 5.26 Å². The SMILES string of the molecule is COc1ccc2cc(N=C(NC#N)SC)ccc2n1. The Bertz CT molecular complexity index is 663. The minimum Gasteiger partial charge on any atom is -0.481 e. The van der Waals surface area contributed by atoms with Gasteiger partial charge in [-0.05, 0) is 30.5 Å². The van der Waals surface area contributed by atoms with Crippen molar-refractivity contribution in [2.45, 2.75) is 0 Å². The molecule has 1 aromatic carbocycles. The first-order chi connectivity index (χ1) is 9.26. The lowest BCUT2D eigenvalue weighted by molar-refractivity contribution is 0.399. The molecule has 6 heteroatoms. The summed E-state index contributed by atoms with van der Waals surface area (Å²) in [6.45, 7) is 0. The van der Waals surface area contributed by atoms with Crippen LogP contribution in [0, 0.1) is 11.5 Å². The fraction of sp³-hybridized carbons (Fsp3) is 0.154. The Hall–Kier alpha value is -2.26. The van der Waals surface area contributed by atoms with E-state index in [1.54, 1.807) is 13.2 Å². The summed E-state index contributed by atoms with van der Waals surface area (Å²) in [7, 11) is 1.59. The molecule has 2 rings (SSSR count). The van der Waals surface area contributed by atoms with Crippen LogP contribution in [-0.4, -0.2) is 23.5 Å². The number of ether oxygens (including phenoxy) is 1. The Balaban J connectivity index is 2.39. The lowest BCUT2D eigenvalue weighted by atomic mass is 10.2. The molecule has 1 aromatic heterocycles. The zero-order valence-corrected chi connectivity index (χ0v) is 11.4. The minimum atomic E-state index is 0.559. The number of aromatic nitrogens is 1. The lowest BCUT2D eigenvalue weighted by Crippen LogP contribution is -2.12. The van der Waals surface area contributed by atoms with Crippen molar-refractivity contribution in [2.75, 3.05) is 13.4 Å². The van der Waals surface area contributed by atoms with Gasteiger partial charge in [-0.2, -0.15) is 5.26 Å². The Morgan fingerprint density at radius 1 is 1.42 bits per heavy atom. The smallest absolute Gasteiger partial charge is 0.213 e. The third-order valence-corrected chi connectivity index (χ3v) is 3.02. The third kappa shape index (κ3) is 3.14. The maximum absolute atomic E-state index is 8.60. The van der Waals surface area contributed by atoms with Crippen LogP contribution in [0.15, 0.2) is 35.3 Å². The van der Waals surface area contributed by atoms with Gasteiger partial charge in [0, 0.05) is 11.5 Å². The van der Waals surface area contributed by atoms with Crippen molar-refractivity contribution in [2.24, 2.45) is 4.99 Å². The van der Waals surface area contributed by atoms with Crippen LogP contribution in [0.3, 0.4) is 0 Å². The van der Waals surface area contributed by atoms with E-state index in [1.807, 2.05) is 36.7 Å². The van der Waals surface area contributed by atoms with Crippen LogP contribution in [0.5, 0.6) is 5.88 Å². The average Bonchev–Trinajstić information content (AvgIpc) is 2.46. The number of fused-ring (bicyclic) bond motifs is 1. The maximum Gasteiger partial charge on any atom is 0.213 e. The molecule has 1 heterocycles. The number of pyridine rings is 1. The van der Waals surface area contributed by atoms with Crippen molar-refractivity contribution in [3.8, 4) is 12.1 Å². The third-order valence-electron chi connectivity index (χ3n) is 2.44. The number of amidine groups is 1. The van der Waals surface area contributed by atoms with Crippen LogP contribution in [0.2, 0.25) is 0 Å². The van der Waals surface area contributed by atoms with Crippen molar-refractivity contribution in [3.63, 3.8) is 0 Å². The first-order valence-electron chi connectivity index (χ1n) is 5.49. The van der Waals surface area contributed by atoms with Gasteiger partial charge in [-0.1, -0.05) is 11.8 Å². The highest BCUT2D eigenvalue weighted by atomic mass is 32.2. The van der Waals surface area contributed by atoms with Gasteiger partial charge in [-0.3, -0.25) is 5.32 Å². The molecule has 0 saturated carbocycles. The van der Waals surface area contributed by atoms with E-state index in [-0.39, 0.29) is 0 Å². The van der Waals surface area contributed by atoms with Gasteiger partial charge < -0.3 is 4.74 Å². The molecule has 0 spiro atoms. The van der Waals surface area contributed by atoms with Gasteiger partial charge in [0.15, 0.2) is 11.4 Å². The molecule has 0 fully saturated rings. The fourth-order valence-electron chi connectivity index (χ4n) is 1.57. The first-order valence-corrected chi connectivity index (χ1v) is 6.72. The van der Waals surface area contributed by atoms with Gasteiger partial charge in [0.25, 0.3) is 0 Å². The summed E-state index contributed by atoms with van der Waals surface area (Å²) in [5.74, 6) is 0.583. The normalized spacial score (nSPS) is 11.1. The number of nitrogens with one attached hydrogen (secondary N) is 1. The molecule has 2 aromatic rings. The molecule has 5 nitrogen and oxygen atoms in total. The second kappa shape index (κ2) is 6.07. The highest BCUT2D eigenvalue weighted by Crippen LogP contribution is 2.22. The van der Waals surface area contributed by atoms with E-state index in [0.29, 0.717) is 11.0 Å². The fourth-order valence-corrected chi connectivity index (χ4v) is 1.91. The van der Waals surface area contributed by atoms with Gasteiger partial charge in [0.05, 0.1) is 18.3 Å². The Labute approximate surface area is 115 Å². The number of aliphatic imine (C=N–C) groups is 1. The standard InChI is InChI=1S/C13H12N4OS/c1-18-12-6-3-9-7-10(4-5-11(9)17-12)16-13(19-2)15-8-14/h3-7H,1-2H3,(H,15,16). The lowest BCUT2D eigenvalue weighted by Gasteiger charge is -2.03. The summed E-state index contributed by atoms with van der Waals surface area (Å²) in [6, 6.07) is 9.37. The molecule has 0 saturated heterocycles. The molecule has 0 aliphatic heterocycles. The predicted octanol–water partition coefficient (Wildman–Crippen LogP) is 2.66. The quantitative estimate of drug-likeness (QED) is 0.394. The molecular formula is C13H12N4OS. The number of nitriles is 1. The molecule has 0 unspecified atom stereocenters. The zero-order chi connectivity index (χ0) is 13.7. The van der Waals surface area contributed by atoms with E-state index in [4.69, 9.17) is 10.00 Å². The molecule has 0 bridgehead atoms. The van der Waals surface area contributed by atoms with Crippen LogP contribution >= 0.6 is 11.8 Å².